The van der Waals surface area contributed by atoms with E-state index in [1.807, 2.05) is 17.9 Å². The van der Waals surface area contributed by atoms with Gasteiger partial charge in [-0.2, -0.15) is 31.9 Å². The Balaban J connectivity index is 1.32. The number of nitrogens with one attached hydrogen (secondary N) is 1. The van der Waals surface area contributed by atoms with Crippen LogP contribution in [0.1, 0.15) is 12.7 Å². The minimum atomic E-state index is -5.74. The van der Waals surface area contributed by atoms with Crippen molar-refractivity contribution in [1.29, 1.82) is 0 Å². The zero-order chi connectivity index (χ0) is 24.3. The number of ether oxygens (including phenoxy) is 1. The maximum absolute atomic E-state index is 13.3. The Morgan fingerprint density at radius 1 is 1.24 bits per heavy atom. The van der Waals surface area contributed by atoms with Gasteiger partial charge in [0.05, 0.1) is 6.04 Å². The van der Waals surface area contributed by atoms with E-state index in [4.69, 9.17) is 4.52 Å². The Bertz CT molecular complexity index is 1240. The third-order valence-corrected chi connectivity index (χ3v) is 6.01. The van der Waals surface area contributed by atoms with Crippen molar-refractivity contribution in [3.05, 3.63) is 29.9 Å². The summed E-state index contributed by atoms with van der Waals surface area (Å²) in [7, 11) is 0. The highest BCUT2D eigenvalue weighted by atomic mass is 19.4. The summed E-state index contributed by atoms with van der Waals surface area (Å²) in [5.41, 5.74) is 1.05. The van der Waals surface area contributed by atoms with Crippen LogP contribution in [0, 0.1) is 18.8 Å². The van der Waals surface area contributed by atoms with Crippen LogP contribution in [0.2, 0.25) is 0 Å². The lowest BCUT2D eigenvalue weighted by Crippen LogP contribution is -2.48. The summed E-state index contributed by atoms with van der Waals surface area (Å²) < 4.78 is 75.0. The lowest BCUT2D eigenvalue weighted by Gasteiger charge is -2.42. The van der Waals surface area contributed by atoms with Crippen LogP contribution in [0.15, 0.2) is 28.6 Å². The van der Waals surface area contributed by atoms with Gasteiger partial charge in [-0.25, -0.2) is 9.50 Å². The van der Waals surface area contributed by atoms with Crippen molar-refractivity contribution in [2.75, 3.05) is 29.9 Å². The maximum atomic E-state index is 13.3. The molecule has 1 saturated heterocycles. The molecule has 5 rings (SSSR count). The highest BCUT2D eigenvalue weighted by molar-refractivity contribution is 5.54. The Kier molecular flexibility index (Phi) is 5.09. The lowest BCUT2D eigenvalue weighted by molar-refractivity contribution is -0.290. The molecule has 2 aliphatic rings. The summed E-state index contributed by atoms with van der Waals surface area (Å²) in [5.74, 6) is -4.33. The molecule has 3 aromatic rings. The number of aromatic nitrogens is 6. The van der Waals surface area contributed by atoms with Crippen molar-refractivity contribution in [2.45, 2.75) is 32.0 Å². The maximum Gasteiger partial charge on any atom is 0.456 e. The van der Waals surface area contributed by atoms with Gasteiger partial charge in [0.2, 0.25) is 11.6 Å². The van der Waals surface area contributed by atoms with Gasteiger partial charge in [0.15, 0.2) is 12.4 Å². The van der Waals surface area contributed by atoms with Gasteiger partial charge < -0.3 is 19.5 Å². The summed E-state index contributed by atoms with van der Waals surface area (Å²) in [6.45, 7) is 3.13. The third kappa shape index (κ3) is 3.68. The van der Waals surface area contributed by atoms with Gasteiger partial charge in [-0.3, -0.25) is 0 Å². The molecule has 4 heterocycles. The molecule has 1 saturated carbocycles. The van der Waals surface area contributed by atoms with Gasteiger partial charge in [-0.1, -0.05) is 11.2 Å². The average Bonchev–Trinajstić information content (AvgIpc) is 3.47. The molecule has 1 N–H and O–H groups in total. The highest BCUT2D eigenvalue weighted by Crippen LogP contribution is 2.47. The summed E-state index contributed by atoms with van der Waals surface area (Å²) >= 11 is 0. The molecule has 0 radical (unpaired) electrons. The molecule has 0 amide bonds. The van der Waals surface area contributed by atoms with Crippen molar-refractivity contribution in [3.8, 4) is 5.88 Å². The quantitative estimate of drug-likeness (QED) is 0.416. The van der Waals surface area contributed by atoms with E-state index in [-0.39, 0.29) is 29.5 Å². The van der Waals surface area contributed by atoms with Gasteiger partial charge in [0.25, 0.3) is 5.88 Å². The first-order chi connectivity index (χ1) is 16.1. The van der Waals surface area contributed by atoms with Crippen molar-refractivity contribution >= 4 is 17.6 Å². The third-order valence-electron chi connectivity index (χ3n) is 6.01. The molecule has 0 bridgehead atoms. The van der Waals surface area contributed by atoms with Crippen LogP contribution in [0.5, 0.6) is 5.88 Å². The number of rotatable bonds is 6. The van der Waals surface area contributed by atoms with E-state index < -0.39 is 24.6 Å². The number of halogens is 5. The van der Waals surface area contributed by atoms with E-state index >= 15 is 0 Å². The van der Waals surface area contributed by atoms with E-state index in [1.165, 1.54) is 16.9 Å². The second-order valence-electron chi connectivity index (χ2n) is 8.14. The normalized spacial score (nSPS) is 23.9. The molecule has 1 unspecified atom stereocenters. The lowest BCUT2D eigenvalue weighted by atomic mass is 9.67. The first-order valence-electron chi connectivity index (χ1n) is 10.3. The van der Waals surface area contributed by atoms with Crippen molar-refractivity contribution < 1.29 is 31.2 Å². The van der Waals surface area contributed by atoms with Crippen LogP contribution in [-0.4, -0.2) is 67.6 Å². The molecule has 0 aromatic carbocycles. The van der Waals surface area contributed by atoms with Crippen LogP contribution in [0.25, 0.3) is 5.65 Å². The number of aryl methyl sites for hydroxylation is 1. The SMILES string of the molecule is C/C=C1\C2CN(c3nc(C)no3)C[C@H]2[C@@H]1Nc1nc2c(OCC(F)(F)C(F)(F)F)nccn2n1. The summed E-state index contributed by atoms with van der Waals surface area (Å²) in [5, 5.41) is 11.3. The topological polar surface area (TPSA) is 107 Å². The van der Waals surface area contributed by atoms with E-state index in [0.717, 1.165) is 12.1 Å². The number of anilines is 2. The van der Waals surface area contributed by atoms with Gasteiger partial charge in [-0.05, 0) is 19.4 Å². The fourth-order valence-electron chi connectivity index (χ4n) is 4.37. The number of fused-ring (bicyclic) bond motifs is 2. The van der Waals surface area contributed by atoms with E-state index in [9.17, 15) is 22.0 Å². The number of alkyl halides is 5. The Morgan fingerprint density at radius 2 is 2.03 bits per heavy atom. The molecular formula is C19H19F5N8O2. The molecule has 182 valence electrons. The molecule has 3 atom stereocenters. The first kappa shape index (κ1) is 22.3. The summed E-state index contributed by atoms with van der Waals surface area (Å²) in [6.07, 6.45) is -1.17. The van der Waals surface area contributed by atoms with E-state index in [1.54, 1.807) is 6.92 Å². The van der Waals surface area contributed by atoms with Gasteiger partial charge in [-0.15, -0.1) is 5.10 Å². The zero-order valence-electron chi connectivity index (χ0n) is 17.9. The largest absolute Gasteiger partial charge is 0.468 e. The average molecular weight is 486 g/mol. The molecule has 15 heteroatoms. The molecule has 0 spiro atoms. The van der Waals surface area contributed by atoms with Crippen LogP contribution in [0.4, 0.5) is 33.9 Å². The molecule has 1 aliphatic carbocycles. The molecule has 10 nitrogen and oxygen atoms in total. The Labute approximate surface area is 188 Å². The predicted molar refractivity (Wildman–Crippen MR) is 107 cm³/mol. The van der Waals surface area contributed by atoms with Crippen LogP contribution in [-0.2, 0) is 0 Å². The van der Waals surface area contributed by atoms with E-state index in [2.05, 4.69) is 35.3 Å². The number of allylic oxidation sites excluding steroid dienone is 1. The molecular weight excluding hydrogens is 467 g/mol. The molecule has 1 aliphatic heterocycles. The molecule has 34 heavy (non-hydrogen) atoms. The van der Waals surface area contributed by atoms with Gasteiger partial charge in [0, 0.05) is 37.3 Å². The fourth-order valence-corrected chi connectivity index (χ4v) is 4.37. The van der Waals surface area contributed by atoms with Crippen LogP contribution < -0.4 is 15.0 Å². The second kappa shape index (κ2) is 7.77. The van der Waals surface area contributed by atoms with Crippen LogP contribution in [0.3, 0.4) is 0 Å². The van der Waals surface area contributed by atoms with Gasteiger partial charge >= 0.3 is 18.1 Å². The number of nitrogens with zero attached hydrogens (tertiary/aromatic N) is 7. The van der Waals surface area contributed by atoms with Crippen molar-refractivity contribution in [1.82, 2.24) is 29.7 Å². The molecule has 2 fully saturated rings. The Hall–Kier alpha value is -3.52. The smallest absolute Gasteiger partial charge is 0.456 e. The molecule has 3 aromatic heterocycles. The monoisotopic (exact) mass is 486 g/mol. The van der Waals surface area contributed by atoms with Crippen molar-refractivity contribution in [3.63, 3.8) is 0 Å². The summed E-state index contributed by atoms with van der Waals surface area (Å²) in [6, 6.07) is 0.351. The first-order valence-corrected chi connectivity index (χ1v) is 10.3. The summed E-state index contributed by atoms with van der Waals surface area (Å²) in [4.78, 5) is 14.2. The standard InChI is InChI=1S/C19H19F5N8O2/c1-3-10-11-6-31(17-26-9(2)30-34-17)7-12(11)13(10)27-16-28-14-15(25-4-5-32(14)29-16)33-8-18(20,21)19(22,23)24/h3-5,11-13H,6-8H2,1-2H3,(H,27,29)/b10-3+/t11?,12-,13-/m1/s1. The van der Waals surface area contributed by atoms with E-state index in [0.29, 0.717) is 18.4 Å². The highest BCUT2D eigenvalue weighted by Gasteiger charge is 2.58. The zero-order valence-corrected chi connectivity index (χ0v) is 17.9. The number of hydrogen-bond donors (Lipinski definition) is 1. The minimum absolute atomic E-state index is 0.0877. The Morgan fingerprint density at radius 3 is 2.71 bits per heavy atom. The van der Waals surface area contributed by atoms with Gasteiger partial charge in [0.1, 0.15) is 0 Å². The van der Waals surface area contributed by atoms with Crippen LogP contribution >= 0.6 is 0 Å². The predicted octanol–water partition coefficient (Wildman–Crippen LogP) is 2.89. The minimum Gasteiger partial charge on any atom is -0.468 e. The van der Waals surface area contributed by atoms with Crippen molar-refractivity contribution in [2.24, 2.45) is 11.8 Å². The number of hydrogen-bond acceptors (Lipinski definition) is 9. The fraction of sp³-hybridized carbons (Fsp3) is 0.526. The second-order valence-corrected chi connectivity index (χ2v) is 8.14.